The first-order valence-corrected chi connectivity index (χ1v) is 13.7. The summed E-state index contributed by atoms with van der Waals surface area (Å²) in [6, 6.07) is 19.8. The molecule has 0 atom stereocenters. The first kappa shape index (κ1) is 28.0. The number of amides is 2. The van der Waals surface area contributed by atoms with Crippen LogP contribution in [-0.2, 0) is 9.47 Å². The van der Waals surface area contributed by atoms with Crippen LogP contribution in [0.15, 0.2) is 60.7 Å². The molecule has 5 rings (SSSR count). The average molecular weight is 558 g/mol. The van der Waals surface area contributed by atoms with E-state index in [-0.39, 0.29) is 24.2 Å². The Morgan fingerprint density at radius 1 is 0.927 bits per heavy atom. The van der Waals surface area contributed by atoms with E-state index in [1.165, 1.54) is 11.1 Å². The van der Waals surface area contributed by atoms with Gasteiger partial charge in [-0.3, -0.25) is 5.32 Å². The van der Waals surface area contributed by atoms with Gasteiger partial charge in [-0.15, -0.1) is 0 Å². The molecule has 0 radical (unpaired) electrons. The fourth-order valence-corrected chi connectivity index (χ4v) is 5.48. The van der Waals surface area contributed by atoms with Crippen LogP contribution in [0.25, 0.3) is 11.1 Å². The maximum Gasteiger partial charge on any atom is 0.412 e. The second-order valence-electron chi connectivity index (χ2n) is 11.4. The molecule has 0 bridgehead atoms. The molecule has 0 unspecified atom stereocenters. The third-order valence-electron chi connectivity index (χ3n) is 7.50. The summed E-state index contributed by atoms with van der Waals surface area (Å²) < 4.78 is 11.2. The van der Waals surface area contributed by atoms with Crippen molar-refractivity contribution < 1.29 is 29.0 Å². The van der Waals surface area contributed by atoms with Crippen LogP contribution in [0.1, 0.15) is 53.7 Å². The molecule has 1 heterocycles. The topological polar surface area (TPSA) is 108 Å². The Morgan fingerprint density at radius 3 is 2.07 bits per heavy atom. The van der Waals surface area contributed by atoms with Gasteiger partial charge in [0.1, 0.15) is 12.2 Å². The van der Waals surface area contributed by atoms with E-state index in [4.69, 9.17) is 9.47 Å². The monoisotopic (exact) mass is 557 g/mol. The van der Waals surface area contributed by atoms with Gasteiger partial charge in [-0.25, -0.2) is 14.4 Å². The fourth-order valence-electron chi connectivity index (χ4n) is 5.48. The predicted molar refractivity (Wildman–Crippen MR) is 157 cm³/mol. The average Bonchev–Trinajstić information content (AvgIpc) is 3.25. The maximum absolute atomic E-state index is 13.0. The minimum atomic E-state index is -1.09. The van der Waals surface area contributed by atoms with Crippen molar-refractivity contribution in [3.63, 3.8) is 0 Å². The second-order valence-corrected chi connectivity index (χ2v) is 11.4. The Kier molecular flexibility index (Phi) is 7.62. The summed E-state index contributed by atoms with van der Waals surface area (Å²) in [5.41, 5.74) is 5.53. The van der Waals surface area contributed by atoms with Gasteiger partial charge in [0.25, 0.3) is 0 Å². The number of benzene rings is 3. The van der Waals surface area contributed by atoms with Gasteiger partial charge >= 0.3 is 18.2 Å². The Balaban J connectivity index is 1.24. The van der Waals surface area contributed by atoms with Gasteiger partial charge in [-0.05, 0) is 67.6 Å². The van der Waals surface area contributed by atoms with E-state index in [2.05, 4.69) is 29.6 Å². The lowest BCUT2D eigenvalue weighted by atomic mass is 9.98. The Hall–Kier alpha value is -4.53. The minimum Gasteiger partial charge on any atom is -0.478 e. The van der Waals surface area contributed by atoms with Crippen molar-refractivity contribution in [3.8, 4) is 11.1 Å². The third kappa shape index (κ3) is 5.99. The van der Waals surface area contributed by atoms with Crippen molar-refractivity contribution in [2.24, 2.45) is 0 Å². The number of hydrogen-bond acceptors (Lipinski definition) is 6. The minimum absolute atomic E-state index is 0.00877. The van der Waals surface area contributed by atoms with Crippen molar-refractivity contribution >= 4 is 29.5 Å². The molecule has 3 aromatic rings. The summed E-state index contributed by atoms with van der Waals surface area (Å²) in [7, 11) is 0. The van der Waals surface area contributed by atoms with Crippen LogP contribution in [0.5, 0.6) is 0 Å². The maximum atomic E-state index is 13.0. The number of ether oxygens (including phenoxy) is 2. The molecular weight excluding hydrogens is 522 g/mol. The highest BCUT2D eigenvalue weighted by Gasteiger charge is 2.31. The number of fused-ring (bicyclic) bond motifs is 3. The number of nitrogens with zero attached hydrogens (tertiary/aromatic N) is 2. The summed E-state index contributed by atoms with van der Waals surface area (Å²) in [6.45, 7) is 8.99. The molecule has 9 nitrogen and oxygen atoms in total. The van der Waals surface area contributed by atoms with E-state index in [1.807, 2.05) is 29.2 Å². The highest BCUT2D eigenvalue weighted by atomic mass is 16.6. The first-order chi connectivity index (χ1) is 19.5. The van der Waals surface area contributed by atoms with Gasteiger partial charge < -0.3 is 24.4 Å². The van der Waals surface area contributed by atoms with Gasteiger partial charge in [-0.1, -0.05) is 48.5 Å². The normalized spacial score (nSPS) is 14.7. The molecule has 1 saturated heterocycles. The van der Waals surface area contributed by atoms with Gasteiger partial charge in [0.15, 0.2) is 0 Å². The number of carboxylic acids is 1. The number of hydrogen-bond donors (Lipinski definition) is 2. The van der Waals surface area contributed by atoms with Crippen molar-refractivity contribution in [3.05, 3.63) is 82.9 Å². The lowest BCUT2D eigenvalue weighted by molar-refractivity contribution is 0.0632. The molecule has 1 fully saturated rings. The van der Waals surface area contributed by atoms with Crippen molar-refractivity contribution in [1.82, 2.24) is 4.90 Å². The van der Waals surface area contributed by atoms with E-state index in [0.717, 1.165) is 11.1 Å². The Labute approximate surface area is 239 Å². The summed E-state index contributed by atoms with van der Waals surface area (Å²) >= 11 is 0. The smallest absolute Gasteiger partial charge is 0.412 e. The molecule has 3 aromatic carbocycles. The van der Waals surface area contributed by atoms with Crippen LogP contribution in [0, 0.1) is 6.92 Å². The molecule has 9 heteroatoms. The van der Waals surface area contributed by atoms with Gasteiger partial charge in [0.2, 0.25) is 0 Å². The van der Waals surface area contributed by atoms with Crippen molar-refractivity contribution in [1.29, 1.82) is 0 Å². The van der Waals surface area contributed by atoms with Crippen molar-refractivity contribution in [2.75, 3.05) is 43.0 Å². The summed E-state index contributed by atoms with van der Waals surface area (Å²) in [5, 5.41) is 12.5. The number of aromatic carboxylic acids is 1. The number of anilines is 2. The third-order valence-corrected chi connectivity index (χ3v) is 7.50. The molecule has 0 spiro atoms. The van der Waals surface area contributed by atoms with Crippen LogP contribution in [0.4, 0.5) is 21.0 Å². The molecule has 2 N–H and O–H groups in total. The molecule has 2 aliphatic rings. The Morgan fingerprint density at radius 2 is 1.51 bits per heavy atom. The molecule has 0 aromatic heterocycles. The number of rotatable bonds is 5. The van der Waals surface area contributed by atoms with Gasteiger partial charge in [-0.2, -0.15) is 0 Å². The number of nitrogens with one attached hydrogen (secondary N) is 1. The molecule has 214 valence electrons. The number of carboxylic acid groups (broad SMARTS) is 1. The number of carbonyl (C=O) groups excluding carboxylic acids is 2. The summed E-state index contributed by atoms with van der Waals surface area (Å²) in [5.74, 6) is -1.10. The van der Waals surface area contributed by atoms with E-state index in [9.17, 15) is 19.5 Å². The van der Waals surface area contributed by atoms with E-state index in [1.54, 1.807) is 44.7 Å². The zero-order valence-electron chi connectivity index (χ0n) is 23.8. The highest BCUT2D eigenvalue weighted by molar-refractivity contribution is 5.96. The molecule has 2 amide bonds. The lowest BCUT2D eigenvalue weighted by Crippen LogP contribution is -2.49. The first-order valence-electron chi connectivity index (χ1n) is 13.7. The van der Waals surface area contributed by atoms with E-state index in [0.29, 0.717) is 43.1 Å². The largest absolute Gasteiger partial charge is 0.478 e. The SMILES string of the molecule is Cc1c(NC(=O)OC(C)(C)C)cc(N2CCN(C(=O)OCC3c4ccccc4-c4ccccc43)CC2)cc1C(=O)O. The Bertz CT molecular complexity index is 1440. The zero-order valence-corrected chi connectivity index (χ0v) is 23.8. The van der Waals surface area contributed by atoms with Crippen LogP contribution < -0.4 is 10.2 Å². The summed E-state index contributed by atoms with van der Waals surface area (Å²) in [4.78, 5) is 41.1. The zero-order chi connectivity index (χ0) is 29.3. The molecule has 41 heavy (non-hydrogen) atoms. The standard InChI is InChI=1S/C32H35N3O6/c1-20-26(29(36)37)17-21(18-28(20)33-30(38)41-32(2,3)4)34-13-15-35(16-14-34)31(39)40-19-27-24-11-7-5-9-22(24)23-10-6-8-12-25(23)27/h5-12,17-18,27H,13-16,19H2,1-4H3,(H,33,38)(H,36,37). The van der Waals surface area contributed by atoms with Crippen LogP contribution in [-0.4, -0.2) is 66.5 Å². The van der Waals surface area contributed by atoms with Gasteiger partial charge in [0, 0.05) is 43.5 Å². The predicted octanol–water partition coefficient (Wildman–Crippen LogP) is 6.11. The molecule has 1 aliphatic carbocycles. The fraction of sp³-hybridized carbons (Fsp3) is 0.344. The second kappa shape index (κ2) is 11.2. The van der Waals surface area contributed by atoms with Gasteiger partial charge in [0.05, 0.1) is 5.56 Å². The lowest BCUT2D eigenvalue weighted by Gasteiger charge is -2.36. The molecular formula is C32H35N3O6. The van der Waals surface area contributed by atoms with E-state index < -0.39 is 17.7 Å². The number of piperazine rings is 1. The summed E-state index contributed by atoms with van der Waals surface area (Å²) in [6.07, 6.45) is -1.02. The van der Waals surface area contributed by atoms with E-state index >= 15 is 0 Å². The van der Waals surface area contributed by atoms with Crippen LogP contribution in [0.2, 0.25) is 0 Å². The quantitative estimate of drug-likeness (QED) is 0.390. The van der Waals surface area contributed by atoms with Crippen LogP contribution >= 0.6 is 0 Å². The highest BCUT2D eigenvalue weighted by Crippen LogP contribution is 2.44. The van der Waals surface area contributed by atoms with Crippen LogP contribution in [0.3, 0.4) is 0 Å². The van der Waals surface area contributed by atoms with Crippen molar-refractivity contribution in [2.45, 2.75) is 39.2 Å². The molecule has 1 aliphatic heterocycles. The number of carbonyl (C=O) groups is 3. The molecule has 0 saturated carbocycles.